The molecule has 1 N–H and O–H groups in total. The topological polar surface area (TPSA) is 15.3 Å². The van der Waals surface area contributed by atoms with Crippen LogP contribution in [-0.4, -0.2) is 37.1 Å². The van der Waals surface area contributed by atoms with E-state index < -0.39 is 0 Å². The molecule has 2 atom stereocenters. The largest absolute Gasteiger partial charge is 0.314 e. The molecule has 0 aromatic heterocycles. The van der Waals surface area contributed by atoms with Gasteiger partial charge >= 0.3 is 0 Å². The molecule has 1 saturated heterocycles. The van der Waals surface area contributed by atoms with E-state index in [0.717, 1.165) is 38.2 Å². The Morgan fingerprint density at radius 1 is 1.35 bits per heavy atom. The van der Waals surface area contributed by atoms with E-state index in [1.807, 2.05) is 12.1 Å². The molecule has 1 aliphatic heterocycles. The fourth-order valence-electron chi connectivity index (χ4n) is 2.94. The highest BCUT2D eigenvalue weighted by molar-refractivity contribution is 5.17. The van der Waals surface area contributed by atoms with Crippen LogP contribution in [0.25, 0.3) is 0 Å². The molecule has 2 rings (SSSR count). The van der Waals surface area contributed by atoms with E-state index in [-0.39, 0.29) is 5.82 Å². The summed E-state index contributed by atoms with van der Waals surface area (Å²) in [7, 11) is 0. The summed E-state index contributed by atoms with van der Waals surface area (Å²) in [6, 6.07) is 7.77. The molecule has 1 aromatic rings. The van der Waals surface area contributed by atoms with Crippen molar-refractivity contribution < 1.29 is 4.39 Å². The molecule has 0 radical (unpaired) electrons. The molecule has 0 saturated carbocycles. The summed E-state index contributed by atoms with van der Waals surface area (Å²) in [5, 5.41) is 3.64. The summed E-state index contributed by atoms with van der Waals surface area (Å²) in [4.78, 5) is 2.50. The molecule has 2 nitrogen and oxygen atoms in total. The lowest BCUT2D eigenvalue weighted by Gasteiger charge is -2.32. The van der Waals surface area contributed by atoms with Crippen LogP contribution in [0.2, 0.25) is 0 Å². The van der Waals surface area contributed by atoms with E-state index in [0.29, 0.717) is 12.0 Å². The molecule has 1 aliphatic rings. The molecule has 3 heteroatoms. The van der Waals surface area contributed by atoms with Crippen LogP contribution < -0.4 is 5.32 Å². The van der Waals surface area contributed by atoms with Crippen LogP contribution in [-0.2, 0) is 6.42 Å². The van der Waals surface area contributed by atoms with Crippen molar-refractivity contribution >= 4 is 0 Å². The minimum atomic E-state index is -0.0688. The van der Waals surface area contributed by atoms with E-state index in [9.17, 15) is 4.39 Å². The minimum Gasteiger partial charge on any atom is -0.314 e. The highest BCUT2D eigenvalue weighted by Crippen LogP contribution is 2.12. The fraction of sp³-hybridized carbons (Fsp3) is 0.647. The molecule has 1 heterocycles. The highest BCUT2D eigenvalue weighted by Gasteiger charge is 2.17. The van der Waals surface area contributed by atoms with Crippen LogP contribution in [0.1, 0.15) is 32.3 Å². The third kappa shape index (κ3) is 4.57. The van der Waals surface area contributed by atoms with Gasteiger partial charge in [0.25, 0.3) is 0 Å². The number of halogens is 1. The van der Waals surface area contributed by atoms with E-state index in [1.165, 1.54) is 12.8 Å². The van der Waals surface area contributed by atoms with Gasteiger partial charge in [-0.1, -0.05) is 32.0 Å². The van der Waals surface area contributed by atoms with Gasteiger partial charge < -0.3 is 10.2 Å². The van der Waals surface area contributed by atoms with Crippen LogP contribution in [0.4, 0.5) is 4.39 Å². The Morgan fingerprint density at radius 2 is 2.15 bits per heavy atom. The smallest absolute Gasteiger partial charge is 0.126 e. The van der Waals surface area contributed by atoms with Crippen molar-refractivity contribution in [2.24, 2.45) is 5.92 Å². The Hall–Kier alpha value is -0.930. The number of hydrogen-bond acceptors (Lipinski definition) is 2. The number of rotatable bonds is 4. The standard InChI is InChI=1S/C17H27FN2/c1-3-16-9-11-20(13-14(2)12-19-16)10-8-15-6-4-5-7-17(15)18/h4-7,14,16,19H,3,8-13H2,1-2H3. The van der Waals surface area contributed by atoms with Crippen molar-refractivity contribution in [3.05, 3.63) is 35.6 Å². The first kappa shape index (κ1) is 15.5. The summed E-state index contributed by atoms with van der Waals surface area (Å²) in [6.07, 6.45) is 3.19. The first-order chi connectivity index (χ1) is 9.69. The maximum absolute atomic E-state index is 13.7. The fourth-order valence-corrected chi connectivity index (χ4v) is 2.94. The SMILES string of the molecule is CCC1CCN(CCc2ccccc2F)CC(C)CN1. The molecule has 112 valence electrons. The van der Waals surface area contributed by atoms with Gasteiger partial charge in [-0.15, -0.1) is 0 Å². The maximum Gasteiger partial charge on any atom is 0.126 e. The van der Waals surface area contributed by atoms with Gasteiger partial charge in [0.05, 0.1) is 0 Å². The average Bonchev–Trinajstić information content (AvgIpc) is 2.43. The van der Waals surface area contributed by atoms with Crippen molar-refractivity contribution in [1.29, 1.82) is 0 Å². The first-order valence-electron chi connectivity index (χ1n) is 7.88. The quantitative estimate of drug-likeness (QED) is 0.910. The van der Waals surface area contributed by atoms with Crippen LogP contribution in [0.15, 0.2) is 24.3 Å². The summed E-state index contributed by atoms with van der Waals surface area (Å²) in [5.41, 5.74) is 0.840. The zero-order valence-corrected chi connectivity index (χ0v) is 12.7. The second-order valence-electron chi connectivity index (χ2n) is 6.05. The van der Waals surface area contributed by atoms with Gasteiger partial charge in [-0.3, -0.25) is 0 Å². The van der Waals surface area contributed by atoms with Gasteiger partial charge in [-0.05, 0) is 49.9 Å². The summed E-state index contributed by atoms with van der Waals surface area (Å²) in [6.45, 7) is 8.81. The predicted octanol–water partition coefficient (Wildman–Crippen LogP) is 3.08. The Balaban J connectivity index is 1.88. The van der Waals surface area contributed by atoms with Crippen molar-refractivity contribution in [1.82, 2.24) is 10.2 Å². The second-order valence-corrected chi connectivity index (χ2v) is 6.05. The molecule has 0 bridgehead atoms. The van der Waals surface area contributed by atoms with Gasteiger partial charge in [0.2, 0.25) is 0 Å². The van der Waals surface area contributed by atoms with Gasteiger partial charge in [0, 0.05) is 19.1 Å². The zero-order chi connectivity index (χ0) is 14.4. The van der Waals surface area contributed by atoms with Crippen molar-refractivity contribution in [2.45, 2.75) is 39.2 Å². The van der Waals surface area contributed by atoms with Crippen molar-refractivity contribution in [2.75, 3.05) is 26.2 Å². The lowest BCUT2D eigenvalue weighted by atomic mass is 10.0. The molecular weight excluding hydrogens is 251 g/mol. The van der Waals surface area contributed by atoms with E-state index in [4.69, 9.17) is 0 Å². The maximum atomic E-state index is 13.7. The molecule has 0 spiro atoms. The Kier molecular flexibility index (Phi) is 5.99. The monoisotopic (exact) mass is 278 g/mol. The van der Waals surface area contributed by atoms with Crippen LogP contribution in [0.5, 0.6) is 0 Å². The average molecular weight is 278 g/mol. The lowest BCUT2D eigenvalue weighted by Crippen LogP contribution is -2.44. The molecule has 0 amide bonds. The van der Waals surface area contributed by atoms with Gasteiger partial charge in [0.15, 0.2) is 0 Å². The normalized spacial score (nSPS) is 25.1. The van der Waals surface area contributed by atoms with Crippen LogP contribution in [0, 0.1) is 11.7 Å². The molecule has 20 heavy (non-hydrogen) atoms. The van der Waals surface area contributed by atoms with E-state index >= 15 is 0 Å². The molecule has 2 unspecified atom stereocenters. The highest BCUT2D eigenvalue weighted by atomic mass is 19.1. The van der Waals surface area contributed by atoms with Gasteiger partial charge in [-0.25, -0.2) is 4.39 Å². The Morgan fingerprint density at radius 3 is 2.90 bits per heavy atom. The van der Waals surface area contributed by atoms with Crippen molar-refractivity contribution in [3.63, 3.8) is 0 Å². The van der Waals surface area contributed by atoms with E-state index in [1.54, 1.807) is 12.1 Å². The van der Waals surface area contributed by atoms with Crippen LogP contribution >= 0.6 is 0 Å². The molecular formula is C17H27FN2. The third-order valence-corrected chi connectivity index (χ3v) is 4.27. The van der Waals surface area contributed by atoms with Gasteiger partial charge in [-0.2, -0.15) is 0 Å². The first-order valence-corrected chi connectivity index (χ1v) is 7.88. The zero-order valence-electron chi connectivity index (χ0n) is 12.7. The minimum absolute atomic E-state index is 0.0688. The molecule has 1 aromatic carbocycles. The van der Waals surface area contributed by atoms with E-state index in [2.05, 4.69) is 24.1 Å². The number of benzene rings is 1. The third-order valence-electron chi connectivity index (χ3n) is 4.27. The second kappa shape index (κ2) is 7.75. The lowest BCUT2D eigenvalue weighted by molar-refractivity contribution is 0.198. The van der Waals surface area contributed by atoms with Crippen LogP contribution in [0.3, 0.4) is 0 Å². The Bertz CT molecular complexity index is 408. The summed E-state index contributed by atoms with van der Waals surface area (Å²) in [5.74, 6) is 0.589. The Labute approximate surface area is 122 Å². The number of nitrogens with zero attached hydrogens (tertiary/aromatic N) is 1. The van der Waals surface area contributed by atoms with Crippen molar-refractivity contribution in [3.8, 4) is 0 Å². The summed E-state index contributed by atoms with van der Waals surface area (Å²) < 4.78 is 13.7. The molecule has 0 aliphatic carbocycles. The number of hydrogen-bond donors (Lipinski definition) is 1. The van der Waals surface area contributed by atoms with Gasteiger partial charge in [0.1, 0.15) is 5.82 Å². The predicted molar refractivity (Wildman–Crippen MR) is 82.4 cm³/mol. The number of nitrogens with one attached hydrogen (secondary N) is 1. The molecule has 1 fully saturated rings. The summed E-state index contributed by atoms with van der Waals surface area (Å²) >= 11 is 0.